The van der Waals surface area contributed by atoms with Gasteiger partial charge in [-0.2, -0.15) is 0 Å². The summed E-state index contributed by atoms with van der Waals surface area (Å²) >= 11 is 0. The smallest absolute Gasteiger partial charge is 0.164 e. The Morgan fingerprint density at radius 3 is 2.29 bits per heavy atom. The van der Waals surface area contributed by atoms with Gasteiger partial charge in [0.25, 0.3) is 0 Å². The van der Waals surface area contributed by atoms with Gasteiger partial charge in [-0.3, -0.25) is 4.57 Å². The summed E-state index contributed by atoms with van der Waals surface area (Å²) in [7, 11) is 1.66. The molecular formula is C24H23N3O. The number of pyridine rings is 1. The molecule has 0 fully saturated rings. The van der Waals surface area contributed by atoms with E-state index in [1.54, 1.807) is 13.4 Å². The van der Waals surface area contributed by atoms with E-state index in [1.807, 2.05) is 35.0 Å². The topological polar surface area (TPSA) is 39.9 Å². The van der Waals surface area contributed by atoms with Gasteiger partial charge in [0.1, 0.15) is 17.6 Å². The molecule has 4 aromatic rings. The fourth-order valence-corrected chi connectivity index (χ4v) is 3.12. The average Bonchev–Trinajstić information content (AvgIpc) is 3.16. The molecule has 0 bridgehead atoms. The van der Waals surface area contributed by atoms with Crippen molar-refractivity contribution in [3.05, 3.63) is 83.8 Å². The van der Waals surface area contributed by atoms with Crippen LogP contribution in [-0.4, -0.2) is 21.6 Å². The first-order chi connectivity index (χ1) is 13.6. The highest BCUT2D eigenvalue weighted by Gasteiger charge is 2.07. The van der Waals surface area contributed by atoms with Crippen LogP contribution in [0.3, 0.4) is 0 Å². The molecule has 0 saturated carbocycles. The van der Waals surface area contributed by atoms with Crippen LogP contribution in [0.4, 0.5) is 0 Å². The molecule has 4 heteroatoms. The number of imidazole rings is 1. The summed E-state index contributed by atoms with van der Waals surface area (Å²) in [4.78, 5) is 9.15. The zero-order valence-electron chi connectivity index (χ0n) is 16.3. The number of aromatic nitrogens is 3. The third-order valence-electron chi connectivity index (χ3n) is 4.83. The van der Waals surface area contributed by atoms with Crippen molar-refractivity contribution in [2.75, 3.05) is 7.11 Å². The van der Waals surface area contributed by atoms with E-state index in [-0.39, 0.29) is 0 Å². The van der Waals surface area contributed by atoms with Crippen molar-refractivity contribution in [3.8, 4) is 11.4 Å². The molecule has 0 aliphatic heterocycles. The minimum absolute atomic E-state index is 0.547. The summed E-state index contributed by atoms with van der Waals surface area (Å²) in [6, 6.07) is 18.6. The number of benzene rings is 2. The Hall–Kier alpha value is -3.40. The van der Waals surface area contributed by atoms with Gasteiger partial charge in [-0.25, -0.2) is 9.97 Å². The summed E-state index contributed by atoms with van der Waals surface area (Å²) < 4.78 is 7.20. The van der Waals surface area contributed by atoms with E-state index in [0.29, 0.717) is 5.92 Å². The summed E-state index contributed by atoms with van der Waals surface area (Å²) in [5.41, 5.74) is 6.26. The Kier molecular flexibility index (Phi) is 4.94. The van der Waals surface area contributed by atoms with Crippen LogP contribution in [0, 0.1) is 0 Å². The second-order valence-electron chi connectivity index (χ2n) is 7.08. The summed E-state index contributed by atoms with van der Waals surface area (Å²) in [5, 5.41) is 0. The van der Waals surface area contributed by atoms with Gasteiger partial charge in [-0.1, -0.05) is 50.3 Å². The van der Waals surface area contributed by atoms with E-state index in [9.17, 15) is 0 Å². The molecule has 2 aromatic heterocycles. The number of ether oxygens (including phenoxy) is 1. The van der Waals surface area contributed by atoms with Crippen LogP contribution in [0.15, 0.2) is 67.1 Å². The monoisotopic (exact) mass is 369 g/mol. The molecule has 0 aliphatic carbocycles. The molecule has 0 aliphatic rings. The Labute approximate surface area is 165 Å². The van der Waals surface area contributed by atoms with Gasteiger partial charge in [0.05, 0.1) is 7.11 Å². The standard InChI is InChI=1S/C24H23N3O/c1-17(2)20-8-6-18(7-9-20)4-5-19-14-23-24(25-15-19)27(16-26-23)21-10-12-22(28-3)13-11-21/h4-17H,1-3H3/b5-4+. The van der Waals surface area contributed by atoms with E-state index < -0.39 is 0 Å². The second-order valence-corrected chi connectivity index (χ2v) is 7.08. The SMILES string of the molecule is COc1ccc(-n2cnc3cc(/C=C/c4ccc(C(C)C)cc4)cnc32)cc1. The van der Waals surface area contributed by atoms with Gasteiger partial charge in [0.15, 0.2) is 5.65 Å². The van der Waals surface area contributed by atoms with Gasteiger partial charge in [0.2, 0.25) is 0 Å². The molecule has 0 N–H and O–H groups in total. The molecule has 28 heavy (non-hydrogen) atoms. The number of fused-ring (bicyclic) bond motifs is 1. The van der Waals surface area contributed by atoms with Crippen molar-refractivity contribution in [1.82, 2.24) is 14.5 Å². The van der Waals surface area contributed by atoms with Crippen LogP contribution in [0.25, 0.3) is 29.0 Å². The lowest BCUT2D eigenvalue weighted by Crippen LogP contribution is -1.94. The average molecular weight is 369 g/mol. The van der Waals surface area contributed by atoms with Gasteiger partial charge in [-0.05, 0) is 52.9 Å². The Morgan fingerprint density at radius 1 is 0.893 bits per heavy atom. The van der Waals surface area contributed by atoms with E-state index in [0.717, 1.165) is 28.2 Å². The molecule has 0 unspecified atom stereocenters. The van der Waals surface area contributed by atoms with E-state index >= 15 is 0 Å². The number of hydrogen-bond donors (Lipinski definition) is 0. The first-order valence-corrected chi connectivity index (χ1v) is 9.39. The maximum Gasteiger partial charge on any atom is 0.164 e. The predicted molar refractivity (Wildman–Crippen MR) is 115 cm³/mol. The van der Waals surface area contributed by atoms with Crippen molar-refractivity contribution in [2.24, 2.45) is 0 Å². The van der Waals surface area contributed by atoms with Crippen LogP contribution in [-0.2, 0) is 0 Å². The lowest BCUT2D eigenvalue weighted by Gasteiger charge is -2.05. The maximum absolute atomic E-state index is 5.22. The number of nitrogens with zero attached hydrogens (tertiary/aromatic N) is 3. The lowest BCUT2D eigenvalue weighted by molar-refractivity contribution is 0.415. The van der Waals surface area contributed by atoms with Crippen LogP contribution >= 0.6 is 0 Å². The molecule has 2 heterocycles. The summed E-state index contributed by atoms with van der Waals surface area (Å²) in [5.74, 6) is 1.38. The maximum atomic E-state index is 5.22. The fourth-order valence-electron chi connectivity index (χ4n) is 3.12. The van der Waals surface area contributed by atoms with Crippen molar-refractivity contribution in [1.29, 1.82) is 0 Å². The van der Waals surface area contributed by atoms with E-state index in [4.69, 9.17) is 4.74 Å². The van der Waals surface area contributed by atoms with Crippen LogP contribution < -0.4 is 4.74 Å². The lowest BCUT2D eigenvalue weighted by atomic mass is 10.0. The number of hydrogen-bond acceptors (Lipinski definition) is 3. The van der Waals surface area contributed by atoms with Gasteiger partial charge >= 0.3 is 0 Å². The molecular weight excluding hydrogens is 346 g/mol. The van der Waals surface area contributed by atoms with Crippen LogP contribution in [0.1, 0.15) is 36.5 Å². The molecule has 4 rings (SSSR count). The molecule has 0 saturated heterocycles. The van der Waals surface area contributed by atoms with Gasteiger partial charge in [-0.15, -0.1) is 0 Å². The fraction of sp³-hybridized carbons (Fsp3) is 0.167. The van der Waals surface area contributed by atoms with E-state index in [1.165, 1.54) is 11.1 Å². The Balaban J connectivity index is 1.58. The highest BCUT2D eigenvalue weighted by Crippen LogP contribution is 2.21. The minimum atomic E-state index is 0.547. The van der Waals surface area contributed by atoms with Crippen molar-refractivity contribution in [3.63, 3.8) is 0 Å². The van der Waals surface area contributed by atoms with Crippen molar-refractivity contribution in [2.45, 2.75) is 19.8 Å². The Bertz CT molecular complexity index is 1110. The molecule has 2 aromatic carbocycles. The summed E-state index contributed by atoms with van der Waals surface area (Å²) in [6.45, 7) is 4.41. The molecule has 0 spiro atoms. The highest BCUT2D eigenvalue weighted by molar-refractivity contribution is 5.78. The molecule has 0 amide bonds. The van der Waals surface area contributed by atoms with Gasteiger partial charge < -0.3 is 4.74 Å². The molecule has 140 valence electrons. The predicted octanol–water partition coefficient (Wildman–Crippen LogP) is 5.72. The quantitative estimate of drug-likeness (QED) is 0.451. The zero-order valence-corrected chi connectivity index (χ0v) is 16.3. The number of methoxy groups -OCH3 is 1. The summed E-state index contributed by atoms with van der Waals surface area (Å²) in [6.07, 6.45) is 7.86. The normalized spacial score (nSPS) is 11.6. The largest absolute Gasteiger partial charge is 0.497 e. The Morgan fingerprint density at radius 2 is 1.61 bits per heavy atom. The van der Waals surface area contributed by atoms with E-state index in [2.05, 4.69) is 66.3 Å². The highest BCUT2D eigenvalue weighted by atomic mass is 16.5. The number of rotatable bonds is 5. The zero-order chi connectivity index (χ0) is 19.5. The third kappa shape index (κ3) is 3.67. The first-order valence-electron chi connectivity index (χ1n) is 9.39. The van der Waals surface area contributed by atoms with Crippen molar-refractivity contribution < 1.29 is 4.74 Å². The first kappa shape index (κ1) is 18.0. The molecule has 4 nitrogen and oxygen atoms in total. The molecule has 0 atom stereocenters. The minimum Gasteiger partial charge on any atom is -0.497 e. The third-order valence-corrected chi connectivity index (χ3v) is 4.83. The van der Waals surface area contributed by atoms with Crippen molar-refractivity contribution >= 4 is 23.3 Å². The van der Waals surface area contributed by atoms with Crippen LogP contribution in [0.2, 0.25) is 0 Å². The molecule has 0 radical (unpaired) electrons. The van der Waals surface area contributed by atoms with Crippen LogP contribution in [0.5, 0.6) is 5.75 Å². The second kappa shape index (κ2) is 7.69. The van der Waals surface area contributed by atoms with Gasteiger partial charge in [0, 0.05) is 11.9 Å².